The summed E-state index contributed by atoms with van der Waals surface area (Å²) in [6, 6.07) is 14.0. The van der Waals surface area contributed by atoms with Crippen LogP contribution in [0.3, 0.4) is 0 Å². The summed E-state index contributed by atoms with van der Waals surface area (Å²) in [5.41, 5.74) is 1.38. The lowest BCUT2D eigenvalue weighted by atomic mass is 9.82. The first-order valence-corrected chi connectivity index (χ1v) is 11.2. The first-order chi connectivity index (χ1) is 15.9. The standard InChI is InChI=1S/C25H24ClNO6/c26-20-10-19-18(16-4-2-1-3-5-16)11-24(29)33-21(19)12-22(20)32-14-23(28)27-13-15-6-8-17(9-7-15)25(30)31/h1-5,10-12,15,17H,6-9,13-14H2,(H,27,28)(H,30,31)/t15-,17-. The zero-order valence-corrected chi connectivity index (χ0v) is 18.6. The number of benzene rings is 2. The zero-order chi connectivity index (χ0) is 23.4. The van der Waals surface area contributed by atoms with E-state index in [0.29, 0.717) is 40.9 Å². The molecule has 0 saturated heterocycles. The first kappa shape index (κ1) is 22.9. The van der Waals surface area contributed by atoms with E-state index in [2.05, 4.69) is 5.32 Å². The van der Waals surface area contributed by atoms with Crippen molar-refractivity contribution in [2.24, 2.45) is 11.8 Å². The summed E-state index contributed by atoms with van der Waals surface area (Å²) in [7, 11) is 0. The molecule has 3 aromatic rings. The molecule has 2 aromatic carbocycles. The fourth-order valence-corrected chi connectivity index (χ4v) is 4.41. The molecule has 0 aliphatic heterocycles. The fraction of sp³-hybridized carbons (Fsp3) is 0.320. The summed E-state index contributed by atoms with van der Waals surface area (Å²) in [4.78, 5) is 35.4. The third-order valence-electron chi connectivity index (χ3n) is 6.02. The molecule has 0 unspecified atom stereocenters. The van der Waals surface area contributed by atoms with Crippen molar-refractivity contribution in [3.8, 4) is 16.9 Å². The van der Waals surface area contributed by atoms with Gasteiger partial charge in [-0.2, -0.15) is 0 Å². The molecule has 2 N–H and O–H groups in total. The maximum atomic E-state index is 12.3. The third kappa shape index (κ3) is 5.54. The summed E-state index contributed by atoms with van der Waals surface area (Å²) >= 11 is 6.40. The number of rotatable bonds is 7. The van der Waals surface area contributed by atoms with E-state index in [1.807, 2.05) is 30.3 Å². The Hall–Kier alpha value is -3.32. The zero-order valence-electron chi connectivity index (χ0n) is 17.9. The van der Waals surface area contributed by atoms with Crippen LogP contribution >= 0.6 is 11.6 Å². The van der Waals surface area contributed by atoms with Gasteiger partial charge in [-0.15, -0.1) is 0 Å². The second-order valence-electron chi connectivity index (χ2n) is 8.27. The van der Waals surface area contributed by atoms with Crippen LogP contribution in [0, 0.1) is 11.8 Å². The number of carboxylic acid groups (broad SMARTS) is 1. The van der Waals surface area contributed by atoms with Crippen molar-refractivity contribution in [3.63, 3.8) is 0 Å². The largest absolute Gasteiger partial charge is 0.482 e. The summed E-state index contributed by atoms with van der Waals surface area (Å²) in [5, 5.41) is 12.9. The van der Waals surface area contributed by atoms with Crippen molar-refractivity contribution in [1.29, 1.82) is 0 Å². The number of carbonyl (C=O) groups is 2. The quantitative estimate of drug-likeness (QED) is 0.493. The van der Waals surface area contributed by atoms with Gasteiger partial charge in [0.05, 0.1) is 10.9 Å². The van der Waals surface area contributed by atoms with Crippen LogP contribution in [0.2, 0.25) is 5.02 Å². The molecule has 1 aromatic heterocycles. The molecule has 1 aliphatic rings. The lowest BCUT2D eigenvalue weighted by Gasteiger charge is -2.26. The van der Waals surface area contributed by atoms with Gasteiger partial charge in [0.2, 0.25) is 0 Å². The van der Waals surface area contributed by atoms with E-state index >= 15 is 0 Å². The van der Waals surface area contributed by atoms with Crippen LogP contribution < -0.4 is 15.7 Å². The van der Waals surface area contributed by atoms with Crippen molar-refractivity contribution < 1.29 is 23.8 Å². The molecule has 33 heavy (non-hydrogen) atoms. The smallest absolute Gasteiger partial charge is 0.336 e. The van der Waals surface area contributed by atoms with E-state index in [0.717, 1.165) is 18.4 Å². The molecule has 8 heteroatoms. The van der Waals surface area contributed by atoms with Crippen molar-refractivity contribution in [3.05, 3.63) is 64.0 Å². The average Bonchev–Trinajstić information content (AvgIpc) is 2.82. The van der Waals surface area contributed by atoms with Gasteiger partial charge in [-0.1, -0.05) is 41.9 Å². The van der Waals surface area contributed by atoms with Crippen LogP contribution in [0.5, 0.6) is 5.75 Å². The van der Waals surface area contributed by atoms with E-state index in [1.165, 1.54) is 12.1 Å². The van der Waals surface area contributed by atoms with Gasteiger partial charge in [-0.05, 0) is 48.8 Å². The second kappa shape index (κ2) is 10.1. The van der Waals surface area contributed by atoms with Gasteiger partial charge in [0.15, 0.2) is 6.61 Å². The maximum absolute atomic E-state index is 12.3. The minimum atomic E-state index is -0.745. The molecule has 7 nitrogen and oxygen atoms in total. The molecule has 1 saturated carbocycles. The molecular weight excluding hydrogens is 446 g/mol. The predicted molar refractivity (Wildman–Crippen MR) is 125 cm³/mol. The number of amides is 1. The van der Waals surface area contributed by atoms with E-state index in [-0.39, 0.29) is 30.1 Å². The van der Waals surface area contributed by atoms with Crippen molar-refractivity contribution in [2.45, 2.75) is 25.7 Å². The van der Waals surface area contributed by atoms with Crippen LogP contribution in [0.1, 0.15) is 25.7 Å². The van der Waals surface area contributed by atoms with Gasteiger partial charge in [-0.25, -0.2) is 4.79 Å². The number of nitrogens with one attached hydrogen (secondary N) is 1. The van der Waals surface area contributed by atoms with Crippen molar-refractivity contribution in [2.75, 3.05) is 13.2 Å². The topological polar surface area (TPSA) is 106 Å². The Balaban J connectivity index is 1.40. The van der Waals surface area contributed by atoms with Crippen LogP contribution in [0.25, 0.3) is 22.1 Å². The Bertz CT molecular complexity index is 1210. The number of aliphatic carboxylic acids is 1. The number of fused-ring (bicyclic) bond motifs is 1. The second-order valence-corrected chi connectivity index (χ2v) is 8.68. The Labute approximate surface area is 195 Å². The molecule has 0 spiro atoms. The van der Waals surface area contributed by atoms with Crippen LogP contribution in [0.15, 0.2) is 57.7 Å². The monoisotopic (exact) mass is 469 g/mol. The van der Waals surface area contributed by atoms with E-state index in [1.54, 1.807) is 6.07 Å². The number of hydrogen-bond donors (Lipinski definition) is 2. The van der Waals surface area contributed by atoms with Crippen LogP contribution in [-0.4, -0.2) is 30.1 Å². The fourth-order valence-electron chi connectivity index (χ4n) is 4.20. The maximum Gasteiger partial charge on any atom is 0.336 e. The highest BCUT2D eigenvalue weighted by molar-refractivity contribution is 6.33. The molecule has 1 amide bonds. The Morgan fingerprint density at radius 2 is 1.82 bits per heavy atom. The molecular formula is C25H24ClNO6. The van der Waals surface area contributed by atoms with E-state index < -0.39 is 11.6 Å². The number of carbonyl (C=O) groups excluding carboxylic acids is 1. The minimum absolute atomic E-state index is 0.238. The van der Waals surface area contributed by atoms with Gasteiger partial charge in [0.25, 0.3) is 5.91 Å². The average molecular weight is 470 g/mol. The highest BCUT2D eigenvalue weighted by Crippen LogP contribution is 2.35. The molecule has 0 atom stereocenters. The molecule has 1 fully saturated rings. The summed E-state index contributed by atoms with van der Waals surface area (Å²) < 4.78 is 10.9. The SMILES string of the molecule is O=C(COc1cc2oc(=O)cc(-c3ccccc3)c2cc1Cl)NC[C@H]1CC[C@H](C(=O)O)CC1. The summed E-state index contributed by atoms with van der Waals surface area (Å²) in [5.74, 6) is -0.817. The van der Waals surface area contributed by atoms with Gasteiger partial charge in [-0.3, -0.25) is 9.59 Å². The van der Waals surface area contributed by atoms with Gasteiger partial charge in [0.1, 0.15) is 11.3 Å². The van der Waals surface area contributed by atoms with Gasteiger partial charge < -0.3 is 19.6 Å². The first-order valence-electron chi connectivity index (χ1n) is 10.9. The molecule has 172 valence electrons. The van der Waals surface area contributed by atoms with Crippen LogP contribution in [0.4, 0.5) is 0 Å². The minimum Gasteiger partial charge on any atom is -0.482 e. The third-order valence-corrected chi connectivity index (χ3v) is 6.32. The summed E-state index contributed by atoms with van der Waals surface area (Å²) in [6.07, 6.45) is 2.82. The van der Waals surface area contributed by atoms with E-state index in [4.69, 9.17) is 25.9 Å². The number of hydrogen-bond acceptors (Lipinski definition) is 5. The van der Waals surface area contributed by atoms with Gasteiger partial charge >= 0.3 is 11.6 Å². The number of ether oxygens (including phenoxy) is 1. The number of halogens is 1. The van der Waals surface area contributed by atoms with Crippen molar-refractivity contribution in [1.82, 2.24) is 5.32 Å². The Morgan fingerprint density at radius 3 is 2.52 bits per heavy atom. The molecule has 0 bridgehead atoms. The van der Waals surface area contributed by atoms with Gasteiger partial charge in [0, 0.05) is 24.1 Å². The van der Waals surface area contributed by atoms with Crippen LogP contribution in [-0.2, 0) is 9.59 Å². The molecule has 1 aliphatic carbocycles. The number of carboxylic acids is 1. The molecule has 4 rings (SSSR count). The lowest BCUT2D eigenvalue weighted by Crippen LogP contribution is -2.35. The highest BCUT2D eigenvalue weighted by Gasteiger charge is 2.26. The lowest BCUT2D eigenvalue weighted by molar-refractivity contribution is -0.143. The van der Waals surface area contributed by atoms with Crippen molar-refractivity contribution >= 4 is 34.4 Å². The molecule has 0 radical (unpaired) electrons. The Kier molecular flexibility index (Phi) is 6.99. The molecule has 1 heterocycles. The summed E-state index contributed by atoms with van der Waals surface area (Å²) in [6.45, 7) is 0.244. The van der Waals surface area contributed by atoms with E-state index in [9.17, 15) is 14.4 Å². The highest BCUT2D eigenvalue weighted by atomic mass is 35.5. The predicted octanol–water partition coefficient (Wildman–Crippen LogP) is 4.50. The Morgan fingerprint density at radius 1 is 1.09 bits per heavy atom. The normalized spacial score (nSPS) is 18.1.